The highest BCUT2D eigenvalue weighted by molar-refractivity contribution is 5.94. The lowest BCUT2D eigenvalue weighted by molar-refractivity contribution is -0.137. The van der Waals surface area contributed by atoms with Gasteiger partial charge in [-0.25, -0.2) is 0 Å². The average Bonchev–Trinajstić information content (AvgIpc) is 2.72. The number of anilines is 2. The highest BCUT2D eigenvalue weighted by Gasteiger charge is 2.31. The van der Waals surface area contributed by atoms with Gasteiger partial charge in [-0.1, -0.05) is 17.7 Å². The summed E-state index contributed by atoms with van der Waals surface area (Å²) in [5.41, 5.74) is 1.06. The van der Waals surface area contributed by atoms with Crippen LogP contribution in [0.15, 0.2) is 42.5 Å². The van der Waals surface area contributed by atoms with Gasteiger partial charge in [0, 0.05) is 19.5 Å². The molecule has 5 nitrogen and oxygen atoms in total. The van der Waals surface area contributed by atoms with Crippen LogP contribution in [0.25, 0.3) is 0 Å². The summed E-state index contributed by atoms with van der Waals surface area (Å²) < 4.78 is 50.4. The highest BCUT2D eigenvalue weighted by atomic mass is 19.4. The van der Waals surface area contributed by atoms with Crippen LogP contribution >= 0.6 is 0 Å². The number of morpholine rings is 1. The Labute approximate surface area is 173 Å². The van der Waals surface area contributed by atoms with Gasteiger partial charge < -0.3 is 19.7 Å². The third-order valence-corrected chi connectivity index (χ3v) is 4.79. The fraction of sp³-hybridized carbons (Fsp3) is 0.409. The van der Waals surface area contributed by atoms with E-state index in [4.69, 9.17) is 9.47 Å². The summed E-state index contributed by atoms with van der Waals surface area (Å²) in [5, 5.41) is 2.65. The maximum atomic E-state index is 13.2. The molecule has 1 aliphatic rings. The number of nitrogens with one attached hydrogen (secondary N) is 1. The minimum Gasteiger partial charge on any atom is -0.494 e. The van der Waals surface area contributed by atoms with E-state index in [0.29, 0.717) is 50.8 Å². The third kappa shape index (κ3) is 6.13. The average molecular weight is 422 g/mol. The lowest BCUT2D eigenvalue weighted by atomic mass is 10.1. The van der Waals surface area contributed by atoms with Crippen molar-refractivity contribution in [2.75, 3.05) is 43.1 Å². The SMILES string of the molecule is Cc1ccc(OCCCC(=O)Nc2cc(C(F)(F)F)ccc2N2CCOCC2)cc1. The normalized spacial score (nSPS) is 14.5. The zero-order valence-electron chi connectivity index (χ0n) is 16.8. The molecule has 0 aromatic heterocycles. The summed E-state index contributed by atoms with van der Waals surface area (Å²) in [7, 11) is 0. The van der Waals surface area contributed by atoms with Crippen LogP contribution in [0.1, 0.15) is 24.0 Å². The molecule has 0 atom stereocenters. The molecule has 0 unspecified atom stereocenters. The van der Waals surface area contributed by atoms with E-state index in [2.05, 4.69) is 5.32 Å². The molecule has 3 rings (SSSR count). The molecule has 162 valence electrons. The van der Waals surface area contributed by atoms with E-state index in [-0.39, 0.29) is 18.0 Å². The molecule has 1 saturated heterocycles. The smallest absolute Gasteiger partial charge is 0.416 e. The van der Waals surface area contributed by atoms with Crippen molar-refractivity contribution in [2.45, 2.75) is 25.9 Å². The number of aryl methyl sites for hydroxylation is 1. The molecule has 0 aliphatic carbocycles. The van der Waals surface area contributed by atoms with Gasteiger partial charge >= 0.3 is 6.18 Å². The number of carbonyl (C=O) groups excluding carboxylic acids is 1. The monoisotopic (exact) mass is 422 g/mol. The first-order valence-corrected chi connectivity index (χ1v) is 9.86. The number of amides is 1. The first kappa shape index (κ1) is 22.0. The molecule has 2 aromatic rings. The van der Waals surface area contributed by atoms with E-state index in [1.165, 1.54) is 6.07 Å². The van der Waals surface area contributed by atoms with Crippen LogP contribution in [-0.2, 0) is 15.7 Å². The lowest BCUT2D eigenvalue weighted by Gasteiger charge is -2.31. The molecule has 0 spiro atoms. The maximum Gasteiger partial charge on any atom is 0.416 e. The second kappa shape index (κ2) is 9.84. The molecule has 1 amide bonds. The molecular formula is C22H25F3N2O3. The van der Waals surface area contributed by atoms with Crippen molar-refractivity contribution in [2.24, 2.45) is 0 Å². The minimum absolute atomic E-state index is 0.144. The molecule has 1 N–H and O–H groups in total. The number of hydrogen-bond acceptors (Lipinski definition) is 4. The Morgan fingerprint density at radius 1 is 1.13 bits per heavy atom. The molecule has 2 aromatic carbocycles. The molecular weight excluding hydrogens is 397 g/mol. The van der Waals surface area contributed by atoms with E-state index in [1.807, 2.05) is 36.1 Å². The molecule has 1 heterocycles. The molecule has 8 heteroatoms. The topological polar surface area (TPSA) is 50.8 Å². The van der Waals surface area contributed by atoms with E-state index < -0.39 is 11.7 Å². The number of halogens is 3. The highest BCUT2D eigenvalue weighted by Crippen LogP contribution is 2.35. The van der Waals surface area contributed by atoms with E-state index in [9.17, 15) is 18.0 Å². The molecule has 30 heavy (non-hydrogen) atoms. The van der Waals surface area contributed by atoms with Gasteiger partial charge in [-0.3, -0.25) is 4.79 Å². The lowest BCUT2D eigenvalue weighted by Crippen LogP contribution is -2.36. The molecule has 0 saturated carbocycles. The van der Waals surface area contributed by atoms with Crippen LogP contribution in [0.4, 0.5) is 24.5 Å². The molecule has 1 fully saturated rings. The van der Waals surface area contributed by atoms with Gasteiger partial charge in [0.15, 0.2) is 0 Å². The van der Waals surface area contributed by atoms with Crippen LogP contribution in [0.3, 0.4) is 0 Å². The first-order valence-electron chi connectivity index (χ1n) is 9.86. The number of alkyl halides is 3. The Morgan fingerprint density at radius 2 is 1.83 bits per heavy atom. The van der Waals surface area contributed by atoms with E-state index in [0.717, 1.165) is 17.7 Å². The first-order chi connectivity index (χ1) is 14.3. The van der Waals surface area contributed by atoms with Crippen LogP contribution in [-0.4, -0.2) is 38.8 Å². The third-order valence-electron chi connectivity index (χ3n) is 4.79. The number of hydrogen-bond donors (Lipinski definition) is 1. The Bertz CT molecular complexity index is 848. The summed E-state index contributed by atoms with van der Waals surface area (Å²) in [5.74, 6) is 0.366. The minimum atomic E-state index is -4.48. The van der Waals surface area contributed by atoms with Gasteiger partial charge in [0.25, 0.3) is 0 Å². The molecule has 1 aliphatic heterocycles. The Balaban J connectivity index is 1.61. The molecule has 0 radical (unpaired) electrons. The van der Waals surface area contributed by atoms with Crippen LogP contribution < -0.4 is 15.0 Å². The quantitative estimate of drug-likeness (QED) is 0.660. The number of benzene rings is 2. The van der Waals surface area contributed by atoms with Gasteiger partial charge in [0.2, 0.25) is 5.91 Å². The number of ether oxygens (including phenoxy) is 2. The van der Waals surface area contributed by atoms with Crippen molar-refractivity contribution in [1.29, 1.82) is 0 Å². The second-order valence-electron chi connectivity index (χ2n) is 7.14. The predicted octanol–water partition coefficient (Wildman–Crippen LogP) is 4.65. The van der Waals surface area contributed by atoms with Crippen molar-refractivity contribution in [3.05, 3.63) is 53.6 Å². The molecule has 0 bridgehead atoms. The number of carbonyl (C=O) groups is 1. The Kier molecular flexibility index (Phi) is 7.20. The van der Waals surface area contributed by atoms with Crippen LogP contribution in [0.5, 0.6) is 5.75 Å². The van der Waals surface area contributed by atoms with Gasteiger partial charge in [-0.05, 0) is 43.7 Å². The van der Waals surface area contributed by atoms with E-state index >= 15 is 0 Å². The summed E-state index contributed by atoms with van der Waals surface area (Å²) in [6, 6.07) is 11.0. The summed E-state index contributed by atoms with van der Waals surface area (Å²) in [6.07, 6.45) is -3.89. The van der Waals surface area contributed by atoms with Crippen molar-refractivity contribution in [3.8, 4) is 5.75 Å². The van der Waals surface area contributed by atoms with Crippen LogP contribution in [0.2, 0.25) is 0 Å². The fourth-order valence-corrected chi connectivity index (χ4v) is 3.16. The summed E-state index contributed by atoms with van der Waals surface area (Å²) in [6.45, 7) is 4.41. The standard InChI is InChI=1S/C22H25F3N2O3/c1-16-4-7-18(8-5-16)30-12-2-3-21(28)26-19-15-17(22(23,24)25)6-9-20(19)27-10-13-29-14-11-27/h4-9,15H,2-3,10-14H2,1H3,(H,26,28). The van der Waals surface area contributed by atoms with Crippen molar-refractivity contribution in [3.63, 3.8) is 0 Å². The van der Waals surface area contributed by atoms with Gasteiger partial charge in [0.05, 0.1) is 36.8 Å². The number of rotatable bonds is 7. The maximum absolute atomic E-state index is 13.2. The largest absolute Gasteiger partial charge is 0.494 e. The van der Waals surface area contributed by atoms with Gasteiger partial charge in [-0.2, -0.15) is 13.2 Å². The van der Waals surface area contributed by atoms with Gasteiger partial charge in [-0.15, -0.1) is 0 Å². The number of nitrogens with zero attached hydrogens (tertiary/aromatic N) is 1. The summed E-state index contributed by atoms with van der Waals surface area (Å²) >= 11 is 0. The zero-order valence-corrected chi connectivity index (χ0v) is 16.8. The fourth-order valence-electron chi connectivity index (χ4n) is 3.16. The predicted molar refractivity (Wildman–Crippen MR) is 109 cm³/mol. The van der Waals surface area contributed by atoms with Gasteiger partial charge in [0.1, 0.15) is 5.75 Å². The van der Waals surface area contributed by atoms with E-state index in [1.54, 1.807) is 0 Å². The Morgan fingerprint density at radius 3 is 2.50 bits per heavy atom. The zero-order chi connectivity index (χ0) is 21.6. The van der Waals surface area contributed by atoms with Crippen LogP contribution in [0, 0.1) is 6.92 Å². The van der Waals surface area contributed by atoms with Crippen molar-refractivity contribution >= 4 is 17.3 Å². The second-order valence-corrected chi connectivity index (χ2v) is 7.14. The van der Waals surface area contributed by atoms with Crippen molar-refractivity contribution < 1.29 is 27.4 Å². The summed E-state index contributed by atoms with van der Waals surface area (Å²) in [4.78, 5) is 14.3. The van der Waals surface area contributed by atoms with Crippen molar-refractivity contribution in [1.82, 2.24) is 0 Å². The Hall–Kier alpha value is -2.74.